The first-order valence-corrected chi connectivity index (χ1v) is 5.38. The Morgan fingerprint density at radius 1 is 1.65 bits per heavy atom. The van der Waals surface area contributed by atoms with Crippen LogP contribution in [0.5, 0.6) is 0 Å². The predicted molar refractivity (Wildman–Crippen MR) is 59.7 cm³/mol. The van der Waals surface area contributed by atoms with Gasteiger partial charge in [-0.1, -0.05) is 11.6 Å². The number of anilines is 1. The number of nitrogens with zero attached hydrogens (tertiary/aromatic N) is 2. The van der Waals surface area contributed by atoms with E-state index in [-0.39, 0.29) is 30.7 Å². The smallest absolute Gasteiger partial charge is 0.351 e. The standard InChI is InChI=1S/C9H12ClN3O4/c10-6-1-13(9(15)12-8(6)11)7-4-16-3-5(2-14)17-7/h1,5,7,14H,2-4H2,(H2,11,12,15). The van der Waals surface area contributed by atoms with Gasteiger partial charge < -0.3 is 20.3 Å². The van der Waals surface area contributed by atoms with Crippen molar-refractivity contribution >= 4 is 17.4 Å². The molecule has 2 heterocycles. The zero-order valence-electron chi connectivity index (χ0n) is 8.88. The SMILES string of the molecule is Nc1nc(=O)n(C2COCC(CO)O2)cc1Cl. The van der Waals surface area contributed by atoms with E-state index >= 15 is 0 Å². The molecule has 1 aromatic heterocycles. The number of nitrogen functional groups attached to an aromatic ring is 1. The van der Waals surface area contributed by atoms with Crippen LogP contribution in [0.2, 0.25) is 5.02 Å². The number of aromatic nitrogens is 2. The van der Waals surface area contributed by atoms with Gasteiger partial charge in [0.15, 0.2) is 6.23 Å². The lowest BCUT2D eigenvalue weighted by molar-refractivity contribution is -0.179. The van der Waals surface area contributed by atoms with Gasteiger partial charge in [-0.2, -0.15) is 4.98 Å². The molecule has 0 amide bonds. The number of aliphatic hydroxyl groups excluding tert-OH is 1. The molecule has 2 atom stereocenters. The molecule has 0 spiro atoms. The molecule has 1 aromatic rings. The summed E-state index contributed by atoms with van der Waals surface area (Å²) in [6.45, 7) is 0.303. The van der Waals surface area contributed by atoms with Crippen LogP contribution in [0.25, 0.3) is 0 Å². The second kappa shape index (κ2) is 5.01. The van der Waals surface area contributed by atoms with Gasteiger partial charge in [0.1, 0.15) is 11.9 Å². The lowest BCUT2D eigenvalue weighted by Crippen LogP contribution is -2.40. The first kappa shape index (κ1) is 12.3. The van der Waals surface area contributed by atoms with E-state index in [1.165, 1.54) is 10.8 Å². The van der Waals surface area contributed by atoms with E-state index in [1.807, 2.05) is 0 Å². The first-order chi connectivity index (χ1) is 8.11. The molecule has 8 heteroatoms. The van der Waals surface area contributed by atoms with Crippen molar-refractivity contribution in [3.05, 3.63) is 21.7 Å². The third-order valence-electron chi connectivity index (χ3n) is 2.36. The van der Waals surface area contributed by atoms with Gasteiger partial charge >= 0.3 is 5.69 Å². The third kappa shape index (κ3) is 2.58. The fraction of sp³-hybridized carbons (Fsp3) is 0.556. The molecule has 7 nitrogen and oxygen atoms in total. The molecule has 1 aliphatic heterocycles. The molecule has 94 valence electrons. The van der Waals surface area contributed by atoms with Crippen LogP contribution in [0.3, 0.4) is 0 Å². The Balaban J connectivity index is 2.27. The minimum absolute atomic E-state index is 0.0247. The van der Waals surface area contributed by atoms with Gasteiger partial charge in [0, 0.05) is 6.20 Å². The summed E-state index contributed by atoms with van der Waals surface area (Å²) in [5.74, 6) is -0.0247. The van der Waals surface area contributed by atoms with Crippen LogP contribution in [0.15, 0.2) is 11.0 Å². The van der Waals surface area contributed by atoms with E-state index in [9.17, 15) is 4.79 Å². The summed E-state index contributed by atoms with van der Waals surface area (Å²) in [6.07, 6.45) is 0.232. The molecule has 1 saturated heterocycles. The number of hydrogen-bond acceptors (Lipinski definition) is 6. The second-order valence-electron chi connectivity index (χ2n) is 3.60. The normalized spacial score (nSPS) is 24.8. The largest absolute Gasteiger partial charge is 0.394 e. The Kier molecular flexibility index (Phi) is 3.63. The average molecular weight is 262 g/mol. The van der Waals surface area contributed by atoms with Crippen molar-refractivity contribution in [2.45, 2.75) is 12.3 Å². The van der Waals surface area contributed by atoms with E-state index in [4.69, 9.17) is 31.9 Å². The van der Waals surface area contributed by atoms with Gasteiger partial charge in [0.25, 0.3) is 0 Å². The molecular formula is C9H12ClN3O4. The zero-order valence-corrected chi connectivity index (χ0v) is 9.63. The van der Waals surface area contributed by atoms with Crippen LogP contribution in [0, 0.1) is 0 Å². The Morgan fingerprint density at radius 2 is 2.41 bits per heavy atom. The molecular weight excluding hydrogens is 250 g/mol. The van der Waals surface area contributed by atoms with Crippen LogP contribution in [0.1, 0.15) is 6.23 Å². The van der Waals surface area contributed by atoms with Crippen molar-refractivity contribution < 1.29 is 14.6 Å². The van der Waals surface area contributed by atoms with Crippen molar-refractivity contribution in [3.63, 3.8) is 0 Å². The molecule has 3 N–H and O–H groups in total. The van der Waals surface area contributed by atoms with Crippen molar-refractivity contribution in [1.29, 1.82) is 0 Å². The van der Waals surface area contributed by atoms with Crippen molar-refractivity contribution in [3.8, 4) is 0 Å². The highest BCUT2D eigenvalue weighted by molar-refractivity contribution is 6.32. The van der Waals surface area contributed by atoms with Crippen molar-refractivity contribution in [1.82, 2.24) is 9.55 Å². The first-order valence-electron chi connectivity index (χ1n) is 5.00. The molecule has 0 saturated carbocycles. The fourth-order valence-corrected chi connectivity index (χ4v) is 1.65. The highest BCUT2D eigenvalue weighted by Crippen LogP contribution is 2.19. The molecule has 2 unspecified atom stereocenters. The molecule has 1 aliphatic rings. The number of ether oxygens (including phenoxy) is 2. The maximum absolute atomic E-state index is 11.6. The lowest BCUT2D eigenvalue weighted by atomic mass is 10.3. The van der Waals surface area contributed by atoms with Crippen LogP contribution < -0.4 is 11.4 Å². The molecule has 2 rings (SSSR count). The summed E-state index contributed by atoms with van der Waals surface area (Å²) in [6, 6.07) is 0. The summed E-state index contributed by atoms with van der Waals surface area (Å²) in [7, 11) is 0. The Morgan fingerprint density at radius 3 is 3.12 bits per heavy atom. The molecule has 0 aliphatic carbocycles. The number of nitrogens with two attached hydrogens (primary N) is 1. The molecule has 17 heavy (non-hydrogen) atoms. The Bertz CT molecular complexity index is 464. The maximum atomic E-state index is 11.6. The van der Waals surface area contributed by atoms with Gasteiger partial charge in [-0.15, -0.1) is 0 Å². The molecule has 1 fully saturated rings. The molecule has 0 radical (unpaired) electrons. The molecule has 0 aromatic carbocycles. The van der Waals surface area contributed by atoms with Gasteiger partial charge in [0.2, 0.25) is 0 Å². The van der Waals surface area contributed by atoms with E-state index in [2.05, 4.69) is 4.98 Å². The van der Waals surface area contributed by atoms with Gasteiger partial charge in [-0.3, -0.25) is 4.57 Å². The second-order valence-corrected chi connectivity index (χ2v) is 4.00. The number of hydrogen-bond donors (Lipinski definition) is 2. The van der Waals surface area contributed by atoms with E-state index in [1.54, 1.807) is 0 Å². The van der Waals surface area contributed by atoms with Crippen molar-refractivity contribution in [2.24, 2.45) is 0 Å². The Labute approximate surface area is 102 Å². The van der Waals surface area contributed by atoms with Gasteiger partial charge in [-0.05, 0) is 0 Å². The van der Waals surface area contributed by atoms with E-state index in [0.717, 1.165) is 0 Å². The van der Waals surface area contributed by atoms with Gasteiger partial charge in [-0.25, -0.2) is 4.79 Å². The lowest BCUT2D eigenvalue weighted by Gasteiger charge is -2.29. The number of rotatable bonds is 2. The highest BCUT2D eigenvalue weighted by atomic mass is 35.5. The third-order valence-corrected chi connectivity index (χ3v) is 2.65. The summed E-state index contributed by atoms with van der Waals surface area (Å²) in [5.41, 5.74) is 4.83. The Hall–Kier alpha value is -1.15. The van der Waals surface area contributed by atoms with Crippen LogP contribution in [-0.2, 0) is 9.47 Å². The van der Waals surface area contributed by atoms with Crippen LogP contribution in [0.4, 0.5) is 5.82 Å². The topological polar surface area (TPSA) is 99.6 Å². The van der Waals surface area contributed by atoms with E-state index in [0.29, 0.717) is 0 Å². The fourth-order valence-electron chi connectivity index (χ4n) is 1.51. The van der Waals surface area contributed by atoms with E-state index < -0.39 is 18.0 Å². The zero-order chi connectivity index (χ0) is 12.4. The summed E-state index contributed by atoms with van der Waals surface area (Å²) in [4.78, 5) is 15.2. The minimum atomic E-state index is -0.654. The van der Waals surface area contributed by atoms with Crippen LogP contribution >= 0.6 is 11.6 Å². The molecule has 0 bridgehead atoms. The highest BCUT2D eigenvalue weighted by Gasteiger charge is 2.25. The monoisotopic (exact) mass is 261 g/mol. The van der Waals surface area contributed by atoms with Crippen LogP contribution in [-0.4, -0.2) is 40.6 Å². The summed E-state index contributed by atoms with van der Waals surface area (Å²) in [5, 5.41) is 9.14. The average Bonchev–Trinajstić information content (AvgIpc) is 2.34. The van der Waals surface area contributed by atoms with Crippen molar-refractivity contribution in [2.75, 3.05) is 25.6 Å². The quantitative estimate of drug-likeness (QED) is 0.736. The number of aliphatic hydroxyl groups is 1. The minimum Gasteiger partial charge on any atom is -0.394 e. The maximum Gasteiger partial charge on any atom is 0.351 e. The van der Waals surface area contributed by atoms with Gasteiger partial charge in [0.05, 0.1) is 24.8 Å². The predicted octanol–water partition coefficient (Wildman–Crippen LogP) is -0.615. The summed E-state index contributed by atoms with van der Waals surface area (Å²) >= 11 is 5.78. The number of halogens is 1. The summed E-state index contributed by atoms with van der Waals surface area (Å²) < 4.78 is 11.9.